The summed E-state index contributed by atoms with van der Waals surface area (Å²) in [4.78, 5) is 30.3. The van der Waals surface area contributed by atoms with Gasteiger partial charge < -0.3 is 28.8 Å². The molecule has 0 spiro atoms. The third-order valence-electron chi connectivity index (χ3n) is 7.20. The second-order valence-corrected chi connectivity index (χ2v) is 9.81. The quantitative estimate of drug-likeness (QED) is 0.194. The van der Waals surface area contributed by atoms with Gasteiger partial charge in [-0.05, 0) is 53.6 Å². The van der Waals surface area contributed by atoms with E-state index in [1.807, 2.05) is 60.5 Å². The number of carbonyl (C=O) groups excluding carboxylic acids is 2. The molecule has 1 saturated heterocycles. The Labute approximate surface area is 231 Å². The molecule has 0 saturated carbocycles. The van der Waals surface area contributed by atoms with E-state index >= 15 is 0 Å². The number of ether oxygens (including phenoxy) is 2. The molecule has 2 aliphatic heterocycles. The van der Waals surface area contributed by atoms with Gasteiger partial charge in [0.2, 0.25) is 0 Å². The summed E-state index contributed by atoms with van der Waals surface area (Å²) >= 11 is 0. The first-order valence-electron chi connectivity index (χ1n) is 13.1. The Bertz CT molecular complexity index is 1580. The minimum absolute atomic E-state index is 0.0103. The third-order valence-corrected chi connectivity index (χ3v) is 7.20. The summed E-state index contributed by atoms with van der Waals surface area (Å²) in [6, 6.07) is 24.9. The number of nitrogens with zero attached hydrogens (tertiary/aromatic N) is 2. The molecule has 8 nitrogen and oxygen atoms in total. The van der Waals surface area contributed by atoms with Crippen LogP contribution in [0.4, 0.5) is 5.69 Å². The molecular weight excluding hydrogens is 508 g/mol. The molecule has 6 rings (SSSR count). The van der Waals surface area contributed by atoms with Crippen LogP contribution in [-0.2, 0) is 22.7 Å². The number of likely N-dealkylation sites (N-methyl/N-ethyl adjacent to an activating group) is 1. The molecule has 1 amide bonds. The molecule has 3 heterocycles. The molecule has 8 heteroatoms. The summed E-state index contributed by atoms with van der Waals surface area (Å²) in [5.41, 5.74) is 2.88. The molecule has 0 aliphatic carbocycles. The van der Waals surface area contributed by atoms with E-state index in [-0.39, 0.29) is 17.9 Å². The Balaban J connectivity index is 1.41. The van der Waals surface area contributed by atoms with Gasteiger partial charge in [0, 0.05) is 12.6 Å². The fourth-order valence-corrected chi connectivity index (χ4v) is 5.13. The maximum Gasteiger partial charge on any atom is 0.296 e. The van der Waals surface area contributed by atoms with Crippen LogP contribution in [0.5, 0.6) is 11.5 Å². The number of likely N-dealkylation sites (tertiary alicyclic amines) is 1. The van der Waals surface area contributed by atoms with Crippen LogP contribution in [0.3, 0.4) is 0 Å². The molecule has 202 valence electrons. The van der Waals surface area contributed by atoms with Gasteiger partial charge in [-0.3, -0.25) is 9.59 Å². The van der Waals surface area contributed by atoms with Gasteiger partial charge in [-0.15, -0.1) is 0 Å². The van der Waals surface area contributed by atoms with Gasteiger partial charge in [0.05, 0.1) is 36.7 Å². The molecule has 1 fully saturated rings. The number of aliphatic hydroxyl groups excluding tert-OH is 1. The fourth-order valence-electron chi connectivity index (χ4n) is 5.13. The van der Waals surface area contributed by atoms with E-state index in [1.54, 1.807) is 36.4 Å². The highest BCUT2D eigenvalue weighted by Crippen LogP contribution is 2.42. The van der Waals surface area contributed by atoms with E-state index < -0.39 is 17.7 Å². The first-order valence-corrected chi connectivity index (χ1v) is 13.1. The molecule has 1 N–H and O–H groups in total. The lowest BCUT2D eigenvalue weighted by molar-refractivity contribution is -0.140. The molecule has 1 unspecified atom stereocenters. The maximum absolute atomic E-state index is 13.5. The number of aliphatic hydroxyl groups is 1. The number of carbonyl (C=O) groups is 2. The van der Waals surface area contributed by atoms with Crippen molar-refractivity contribution in [2.45, 2.75) is 19.2 Å². The molecule has 1 aromatic heterocycles. The Hall–Kier alpha value is -4.98. The first-order chi connectivity index (χ1) is 19.5. The van der Waals surface area contributed by atoms with Gasteiger partial charge in [0.25, 0.3) is 11.7 Å². The van der Waals surface area contributed by atoms with E-state index in [0.717, 1.165) is 11.3 Å². The van der Waals surface area contributed by atoms with Crippen molar-refractivity contribution >= 4 is 23.1 Å². The summed E-state index contributed by atoms with van der Waals surface area (Å²) < 4.78 is 17.3. The number of hydrogen-bond donors (Lipinski definition) is 1. The van der Waals surface area contributed by atoms with E-state index in [0.29, 0.717) is 48.1 Å². The summed E-state index contributed by atoms with van der Waals surface area (Å²) in [6.45, 7) is 1.69. The van der Waals surface area contributed by atoms with Crippen molar-refractivity contribution in [2.24, 2.45) is 0 Å². The first kappa shape index (κ1) is 25.3. The number of hydrogen-bond acceptors (Lipinski definition) is 7. The van der Waals surface area contributed by atoms with Crippen LogP contribution in [0, 0.1) is 0 Å². The normalized spacial score (nSPS) is 18.0. The summed E-state index contributed by atoms with van der Waals surface area (Å²) in [5, 5.41) is 11.6. The smallest absolute Gasteiger partial charge is 0.296 e. The largest absolute Gasteiger partial charge is 0.507 e. The summed E-state index contributed by atoms with van der Waals surface area (Å²) in [7, 11) is 1.94. The standard InChI is InChI=1S/C32H28N2O6/c1-33-14-16-39-27-13-12-23(18-26(27)33)30(35)28-29(34(32(37)31(28)36)19-25-11-6-15-38-25)22-9-5-10-24(17-22)40-20-21-7-3-2-4-8-21/h2-13,15,17-18,29,35H,14,16,19-20H2,1H3/b30-28-. The predicted octanol–water partition coefficient (Wildman–Crippen LogP) is 5.31. The van der Waals surface area contributed by atoms with Crippen LogP contribution < -0.4 is 14.4 Å². The number of fused-ring (bicyclic) bond motifs is 1. The van der Waals surface area contributed by atoms with Gasteiger partial charge in [0.15, 0.2) is 0 Å². The number of benzene rings is 3. The fraction of sp³-hybridized carbons (Fsp3) is 0.188. The second-order valence-electron chi connectivity index (χ2n) is 9.81. The Morgan fingerprint density at radius 2 is 1.85 bits per heavy atom. The van der Waals surface area contributed by atoms with Gasteiger partial charge in [-0.25, -0.2) is 0 Å². The molecule has 0 radical (unpaired) electrons. The van der Waals surface area contributed by atoms with E-state index in [2.05, 4.69) is 0 Å². The van der Waals surface area contributed by atoms with Crippen LogP contribution in [0.1, 0.15) is 28.5 Å². The van der Waals surface area contributed by atoms with Crippen molar-refractivity contribution in [3.63, 3.8) is 0 Å². The third kappa shape index (κ3) is 4.80. The lowest BCUT2D eigenvalue weighted by atomic mass is 9.94. The number of ketones is 1. The molecule has 3 aromatic carbocycles. The molecule has 4 aromatic rings. The van der Waals surface area contributed by atoms with Crippen molar-refractivity contribution in [3.05, 3.63) is 119 Å². The number of anilines is 1. The van der Waals surface area contributed by atoms with Gasteiger partial charge in [-0.1, -0.05) is 42.5 Å². The molecule has 1 atom stereocenters. The number of amides is 1. The number of furan rings is 1. The van der Waals surface area contributed by atoms with Crippen molar-refractivity contribution < 1.29 is 28.6 Å². The van der Waals surface area contributed by atoms with Crippen LogP contribution in [0.25, 0.3) is 5.76 Å². The molecule has 0 bridgehead atoms. The molecule has 40 heavy (non-hydrogen) atoms. The minimum atomic E-state index is -0.851. The second kappa shape index (κ2) is 10.6. The van der Waals surface area contributed by atoms with Crippen LogP contribution in [0.2, 0.25) is 0 Å². The zero-order chi connectivity index (χ0) is 27.6. The minimum Gasteiger partial charge on any atom is -0.507 e. The monoisotopic (exact) mass is 536 g/mol. The van der Waals surface area contributed by atoms with Gasteiger partial charge in [0.1, 0.15) is 36.2 Å². The van der Waals surface area contributed by atoms with Crippen molar-refractivity contribution in [1.82, 2.24) is 4.90 Å². The van der Waals surface area contributed by atoms with Crippen LogP contribution in [0.15, 0.2) is 101 Å². The highest BCUT2D eigenvalue weighted by atomic mass is 16.5. The van der Waals surface area contributed by atoms with Crippen LogP contribution >= 0.6 is 0 Å². The SMILES string of the molecule is CN1CCOc2ccc(/C(O)=C3/C(=O)C(=O)N(Cc4ccco4)C3c3cccc(OCc4ccccc4)c3)cc21. The van der Waals surface area contributed by atoms with Crippen LogP contribution in [-0.4, -0.2) is 41.9 Å². The lowest BCUT2D eigenvalue weighted by Gasteiger charge is -2.28. The Kier molecular flexibility index (Phi) is 6.74. The molecular formula is C32H28N2O6. The topological polar surface area (TPSA) is 92.5 Å². The highest BCUT2D eigenvalue weighted by Gasteiger charge is 2.46. The summed E-state index contributed by atoms with van der Waals surface area (Å²) in [6.07, 6.45) is 1.52. The lowest BCUT2D eigenvalue weighted by Crippen LogP contribution is -2.29. The van der Waals surface area contributed by atoms with E-state index in [1.165, 1.54) is 11.2 Å². The van der Waals surface area contributed by atoms with Crippen molar-refractivity contribution in [3.8, 4) is 11.5 Å². The zero-order valence-electron chi connectivity index (χ0n) is 21.9. The number of rotatable bonds is 7. The average molecular weight is 537 g/mol. The van der Waals surface area contributed by atoms with E-state index in [9.17, 15) is 14.7 Å². The Morgan fingerprint density at radius 3 is 2.65 bits per heavy atom. The van der Waals surface area contributed by atoms with Gasteiger partial charge in [-0.2, -0.15) is 0 Å². The van der Waals surface area contributed by atoms with Gasteiger partial charge >= 0.3 is 0 Å². The summed E-state index contributed by atoms with van der Waals surface area (Å²) in [5.74, 6) is 0.0865. The number of Topliss-reactive ketones (excluding diaryl/α,β-unsaturated/α-hetero) is 1. The average Bonchev–Trinajstić information content (AvgIpc) is 3.59. The maximum atomic E-state index is 13.5. The van der Waals surface area contributed by atoms with E-state index in [4.69, 9.17) is 13.9 Å². The van der Waals surface area contributed by atoms with Crippen molar-refractivity contribution in [2.75, 3.05) is 25.1 Å². The predicted molar refractivity (Wildman–Crippen MR) is 149 cm³/mol. The van der Waals surface area contributed by atoms with Crippen molar-refractivity contribution in [1.29, 1.82) is 0 Å². The zero-order valence-corrected chi connectivity index (χ0v) is 21.9. The molecule has 2 aliphatic rings. The Morgan fingerprint density at radius 1 is 1.00 bits per heavy atom. The highest BCUT2D eigenvalue weighted by molar-refractivity contribution is 6.46.